The molecule has 0 fully saturated rings. The van der Waals surface area contributed by atoms with Gasteiger partial charge in [0, 0.05) is 31.3 Å². The molecule has 32 heavy (non-hydrogen) atoms. The molecule has 0 aliphatic carbocycles. The van der Waals surface area contributed by atoms with E-state index in [4.69, 9.17) is 19.7 Å². The third kappa shape index (κ3) is 7.56. The van der Waals surface area contributed by atoms with Crippen LogP contribution in [0, 0.1) is 0 Å². The molecule has 172 valence electrons. The van der Waals surface area contributed by atoms with Crippen LogP contribution in [0.1, 0.15) is 24.2 Å². The minimum Gasteiger partial charge on any atom is -0.491 e. The summed E-state index contributed by atoms with van der Waals surface area (Å²) >= 11 is 0. The van der Waals surface area contributed by atoms with E-state index in [-0.39, 0.29) is 25.5 Å². The number of likely N-dealkylation sites (N-methyl/N-ethyl adjacent to an activating group) is 1. The largest absolute Gasteiger partial charge is 0.491 e. The van der Waals surface area contributed by atoms with Crippen LogP contribution < -0.4 is 9.64 Å². The van der Waals surface area contributed by atoms with Gasteiger partial charge in [-0.25, -0.2) is 4.99 Å². The SMILES string of the molecule is CCN(CCO)c1ccc(N=C(C(C)=O)C(=O)c2ccc(OCCOCCO)cc2)cc1. The van der Waals surface area contributed by atoms with Crippen LogP contribution in [0.15, 0.2) is 53.5 Å². The van der Waals surface area contributed by atoms with Crippen molar-refractivity contribution in [1.82, 2.24) is 0 Å². The highest BCUT2D eigenvalue weighted by molar-refractivity contribution is 6.69. The van der Waals surface area contributed by atoms with Gasteiger partial charge in [-0.3, -0.25) is 9.59 Å². The molecular weight excluding hydrogens is 412 g/mol. The Morgan fingerprint density at radius 3 is 2.19 bits per heavy atom. The summed E-state index contributed by atoms with van der Waals surface area (Å²) < 4.78 is 10.6. The highest BCUT2D eigenvalue weighted by Crippen LogP contribution is 2.21. The van der Waals surface area contributed by atoms with E-state index < -0.39 is 11.6 Å². The molecule has 0 aromatic heterocycles. The van der Waals surface area contributed by atoms with Gasteiger partial charge in [-0.15, -0.1) is 0 Å². The monoisotopic (exact) mass is 442 g/mol. The number of carbonyl (C=O) groups excluding carboxylic acids is 2. The first-order valence-corrected chi connectivity index (χ1v) is 10.5. The van der Waals surface area contributed by atoms with Crippen molar-refractivity contribution in [2.24, 2.45) is 4.99 Å². The van der Waals surface area contributed by atoms with E-state index in [9.17, 15) is 9.59 Å². The zero-order chi connectivity index (χ0) is 23.3. The zero-order valence-electron chi connectivity index (χ0n) is 18.5. The van der Waals surface area contributed by atoms with Gasteiger partial charge in [0.25, 0.3) is 0 Å². The maximum absolute atomic E-state index is 12.9. The molecule has 0 atom stereocenters. The zero-order valence-corrected chi connectivity index (χ0v) is 18.5. The number of nitrogens with zero attached hydrogens (tertiary/aromatic N) is 2. The summed E-state index contributed by atoms with van der Waals surface area (Å²) in [4.78, 5) is 31.3. The summed E-state index contributed by atoms with van der Waals surface area (Å²) in [5.74, 6) is -0.319. The first kappa shape index (κ1) is 25.2. The fraction of sp³-hybridized carbons (Fsp3) is 0.375. The molecule has 2 aromatic rings. The summed E-state index contributed by atoms with van der Waals surface area (Å²) in [5, 5.41) is 17.8. The molecule has 0 spiro atoms. The van der Waals surface area contributed by atoms with Gasteiger partial charge >= 0.3 is 0 Å². The number of benzene rings is 2. The highest BCUT2D eigenvalue weighted by Gasteiger charge is 2.19. The van der Waals surface area contributed by atoms with E-state index in [2.05, 4.69) is 4.99 Å². The standard InChI is InChI=1S/C24H30N2O6/c1-3-26(12-13-27)21-8-6-20(7-9-21)25-23(18(2)29)24(30)19-4-10-22(11-5-19)32-17-16-31-15-14-28/h4-11,27-28H,3,12-17H2,1-2H3. The molecule has 0 saturated heterocycles. The predicted octanol–water partition coefficient (Wildman–Crippen LogP) is 2.44. The van der Waals surface area contributed by atoms with E-state index in [1.165, 1.54) is 6.92 Å². The van der Waals surface area contributed by atoms with Gasteiger partial charge in [-0.2, -0.15) is 0 Å². The van der Waals surface area contributed by atoms with Gasteiger partial charge in [0.05, 0.1) is 32.1 Å². The molecule has 8 nitrogen and oxygen atoms in total. The van der Waals surface area contributed by atoms with Gasteiger partial charge in [-0.1, -0.05) is 0 Å². The Hall–Kier alpha value is -3.07. The van der Waals surface area contributed by atoms with Gasteiger partial charge in [0.15, 0.2) is 11.5 Å². The molecule has 2 rings (SSSR count). The normalized spacial score (nSPS) is 11.3. The number of ether oxygens (including phenoxy) is 2. The lowest BCUT2D eigenvalue weighted by Crippen LogP contribution is -2.25. The number of hydrogen-bond acceptors (Lipinski definition) is 8. The van der Waals surface area contributed by atoms with Crippen molar-refractivity contribution in [3.05, 3.63) is 54.1 Å². The second-order valence-corrected chi connectivity index (χ2v) is 6.87. The third-order valence-electron chi connectivity index (χ3n) is 4.60. The number of aliphatic hydroxyl groups is 2. The lowest BCUT2D eigenvalue weighted by molar-refractivity contribution is -0.110. The van der Waals surface area contributed by atoms with E-state index >= 15 is 0 Å². The van der Waals surface area contributed by atoms with E-state index in [0.29, 0.717) is 36.8 Å². The van der Waals surface area contributed by atoms with Crippen molar-refractivity contribution in [2.75, 3.05) is 51.0 Å². The minimum atomic E-state index is -0.463. The summed E-state index contributed by atoms with van der Waals surface area (Å²) in [6.07, 6.45) is 0. The van der Waals surface area contributed by atoms with Crippen LogP contribution >= 0.6 is 0 Å². The van der Waals surface area contributed by atoms with E-state index in [1.54, 1.807) is 36.4 Å². The van der Waals surface area contributed by atoms with E-state index in [1.807, 2.05) is 24.0 Å². The van der Waals surface area contributed by atoms with Crippen LogP contribution in [0.25, 0.3) is 0 Å². The Balaban J connectivity index is 2.10. The van der Waals surface area contributed by atoms with Gasteiger partial charge in [0.2, 0.25) is 5.78 Å². The fourth-order valence-electron chi connectivity index (χ4n) is 2.97. The number of aliphatic imine (C=N–C) groups is 1. The first-order chi connectivity index (χ1) is 15.5. The number of aliphatic hydroxyl groups excluding tert-OH is 2. The van der Waals surface area contributed by atoms with Crippen LogP contribution in [0.5, 0.6) is 5.75 Å². The van der Waals surface area contributed by atoms with Crippen molar-refractivity contribution >= 4 is 28.7 Å². The Bertz CT molecular complexity index is 894. The smallest absolute Gasteiger partial charge is 0.215 e. The summed E-state index contributed by atoms with van der Waals surface area (Å²) in [7, 11) is 0. The number of hydrogen-bond donors (Lipinski definition) is 2. The topological polar surface area (TPSA) is 109 Å². The molecule has 0 unspecified atom stereocenters. The minimum absolute atomic E-state index is 0.0398. The molecule has 0 aliphatic rings. The van der Waals surface area contributed by atoms with Gasteiger partial charge in [-0.05, 0) is 55.5 Å². The molecule has 2 N–H and O–H groups in total. The van der Waals surface area contributed by atoms with Crippen LogP contribution in [0.3, 0.4) is 0 Å². The van der Waals surface area contributed by atoms with Crippen molar-refractivity contribution in [3.8, 4) is 5.75 Å². The Morgan fingerprint density at radius 2 is 1.62 bits per heavy atom. The van der Waals surface area contributed by atoms with Crippen LogP contribution in [0.2, 0.25) is 0 Å². The Kier molecular flexibility index (Phi) is 10.5. The summed E-state index contributed by atoms with van der Waals surface area (Å²) in [5.41, 5.74) is 1.61. The average Bonchev–Trinajstić information content (AvgIpc) is 2.81. The van der Waals surface area contributed by atoms with Crippen molar-refractivity contribution in [3.63, 3.8) is 0 Å². The number of anilines is 1. The number of ketones is 2. The van der Waals surface area contributed by atoms with Crippen LogP contribution in [-0.2, 0) is 9.53 Å². The van der Waals surface area contributed by atoms with Gasteiger partial charge in [0.1, 0.15) is 12.4 Å². The van der Waals surface area contributed by atoms with Crippen LogP contribution in [-0.4, -0.2) is 73.6 Å². The molecule has 0 aliphatic heterocycles. The fourth-order valence-corrected chi connectivity index (χ4v) is 2.97. The first-order valence-electron chi connectivity index (χ1n) is 10.5. The molecule has 0 heterocycles. The summed E-state index contributed by atoms with van der Waals surface area (Å²) in [6, 6.07) is 13.6. The molecule has 8 heteroatoms. The number of carbonyl (C=O) groups is 2. The summed E-state index contributed by atoms with van der Waals surface area (Å²) in [6.45, 7) is 5.51. The lowest BCUT2D eigenvalue weighted by Gasteiger charge is -2.21. The number of Topliss-reactive ketones (excluding diaryl/α,β-unsaturated/α-hetero) is 2. The molecule has 0 bridgehead atoms. The second-order valence-electron chi connectivity index (χ2n) is 6.87. The van der Waals surface area contributed by atoms with Crippen molar-refractivity contribution in [2.45, 2.75) is 13.8 Å². The average molecular weight is 443 g/mol. The predicted molar refractivity (Wildman–Crippen MR) is 123 cm³/mol. The number of rotatable bonds is 14. The highest BCUT2D eigenvalue weighted by atomic mass is 16.5. The third-order valence-corrected chi connectivity index (χ3v) is 4.60. The van der Waals surface area contributed by atoms with Crippen molar-refractivity contribution < 1.29 is 29.3 Å². The van der Waals surface area contributed by atoms with Gasteiger partial charge < -0.3 is 24.6 Å². The second kappa shape index (κ2) is 13.4. The molecule has 0 saturated carbocycles. The molecular formula is C24H30N2O6. The van der Waals surface area contributed by atoms with E-state index in [0.717, 1.165) is 12.2 Å². The van der Waals surface area contributed by atoms with Crippen molar-refractivity contribution in [1.29, 1.82) is 0 Å². The Morgan fingerprint density at radius 1 is 0.938 bits per heavy atom. The molecule has 0 radical (unpaired) electrons. The maximum atomic E-state index is 12.9. The van der Waals surface area contributed by atoms with Crippen LogP contribution in [0.4, 0.5) is 11.4 Å². The molecule has 2 aromatic carbocycles. The Labute approximate surface area is 188 Å². The maximum Gasteiger partial charge on any atom is 0.215 e. The quantitative estimate of drug-likeness (QED) is 0.200. The lowest BCUT2D eigenvalue weighted by atomic mass is 10.0. The molecule has 0 amide bonds.